The first-order chi connectivity index (χ1) is 19.7. The van der Waals surface area contributed by atoms with E-state index in [0.29, 0.717) is 43.7 Å². The van der Waals surface area contributed by atoms with Crippen molar-refractivity contribution in [3.8, 4) is 5.75 Å². The van der Waals surface area contributed by atoms with Crippen molar-refractivity contribution in [2.24, 2.45) is 5.41 Å². The number of piperidine rings is 1. The molecule has 7 nitrogen and oxygen atoms in total. The van der Waals surface area contributed by atoms with Crippen molar-refractivity contribution < 1.29 is 32.6 Å². The van der Waals surface area contributed by atoms with Crippen LogP contribution in [0.15, 0.2) is 42.6 Å². The predicted octanol–water partition coefficient (Wildman–Crippen LogP) is 7.67. The normalized spacial score (nSPS) is 22.4. The third-order valence-corrected chi connectivity index (χ3v) is 8.77. The number of halogens is 2. The highest BCUT2D eigenvalue weighted by Gasteiger charge is 2.52. The minimum Gasteiger partial charge on any atom is -0.496 e. The summed E-state index contributed by atoms with van der Waals surface area (Å²) in [7, 11) is 2.97. The third kappa shape index (κ3) is 5.89. The van der Waals surface area contributed by atoms with Crippen molar-refractivity contribution in [3.63, 3.8) is 0 Å². The first-order valence-corrected chi connectivity index (χ1v) is 14.5. The maximum atomic E-state index is 14.5. The van der Waals surface area contributed by atoms with Gasteiger partial charge in [-0.15, -0.1) is 0 Å². The van der Waals surface area contributed by atoms with Gasteiger partial charge in [0.05, 0.1) is 25.3 Å². The zero-order chi connectivity index (χ0) is 30.4. The number of esters is 1. The Hall–Kier alpha value is -3.46. The Morgan fingerprint density at radius 3 is 2.36 bits per heavy atom. The number of aryl methyl sites for hydroxylation is 1. The smallest absolute Gasteiger partial charge is 0.419 e. The van der Waals surface area contributed by atoms with Crippen LogP contribution in [0.1, 0.15) is 86.0 Å². The number of benzene rings is 2. The molecule has 5 rings (SSSR count). The van der Waals surface area contributed by atoms with Crippen molar-refractivity contribution in [2.75, 3.05) is 20.8 Å². The van der Waals surface area contributed by atoms with E-state index >= 15 is 0 Å². The van der Waals surface area contributed by atoms with Gasteiger partial charge >= 0.3 is 12.1 Å². The van der Waals surface area contributed by atoms with Gasteiger partial charge in [-0.2, -0.15) is 0 Å². The summed E-state index contributed by atoms with van der Waals surface area (Å²) in [5, 5.41) is 0.880. The van der Waals surface area contributed by atoms with E-state index in [-0.39, 0.29) is 18.9 Å². The fraction of sp³-hybridized carbons (Fsp3) is 0.515. The molecule has 2 heterocycles. The van der Waals surface area contributed by atoms with Crippen molar-refractivity contribution in [1.29, 1.82) is 0 Å². The van der Waals surface area contributed by atoms with Crippen LogP contribution in [-0.4, -0.2) is 53.8 Å². The molecule has 42 heavy (non-hydrogen) atoms. The summed E-state index contributed by atoms with van der Waals surface area (Å²) in [6.45, 7) is 8.56. The van der Waals surface area contributed by atoms with Gasteiger partial charge < -0.3 is 14.2 Å². The molecule has 3 aromatic rings. The van der Waals surface area contributed by atoms with Gasteiger partial charge in [-0.1, -0.05) is 12.1 Å². The number of hydrogen-bond acceptors (Lipinski definition) is 6. The Bertz CT molecular complexity index is 1490. The Kier molecular flexibility index (Phi) is 7.85. The fourth-order valence-electron chi connectivity index (χ4n) is 6.79. The number of aromatic nitrogens is 1. The summed E-state index contributed by atoms with van der Waals surface area (Å²) in [6.07, 6.45) is 2.87. The van der Waals surface area contributed by atoms with E-state index in [4.69, 9.17) is 14.2 Å². The van der Waals surface area contributed by atoms with E-state index in [2.05, 4.69) is 4.90 Å². The standard InChI is InChI=1S/C33H40F2N2O5/c1-21-17-27(40-5)25(24-11-15-37(28(21)24)30(39)42-31(2,3)4)19-36-16-14-32(12-13-33(34,35)20-32)18-26(36)22-7-9-23(10-8-22)29(38)41-6/h7-11,15,17,26H,12-14,16,18-20H2,1-6H3/t26-,32-/m0/s1. The van der Waals surface area contributed by atoms with Crippen LogP contribution in [-0.2, 0) is 16.0 Å². The number of carbonyl (C=O) groups is 2. The Labute approximate surface area is 245 Å². The first-order valence-electron chi connectivity index (χ1n) is 14.5. The van der Waals surface area contributed by atoms with E-state index in [9.17, 15) is 18.4 Å². The number of nitrogens with zero attached hydrogens (tertiary/aromatic N) is 2. The van der Waals surface area contributed by atoms with Crippen LogP contribution in [0.5, 0.6) is 5.75 Å². The quantitative estimate of drug-likeness (QED) is 0.288. The van der Waals surface area contributed by atoms with Gasteiger partial charge in [-0.3, -0.25) is 9.47 Å². The highest BCUT2D eigenvalue weighted by atomic mass is 19.3. The van der Waals surface area contributed by atoms with Crippen molar-refractivity contribution >= 4 is 23.0 Å². The van der Waals surface area contributed by atoms with Crippen molar-refractivity contribution in [2.45, 2.75) is 83.9 Å². The molecule has 2 atom stereocenters. The molecule has 1 aliphatic carbocycles. The summed E-state index contributed by atoms with van der Waals surface area (Å²) in [4.78, 5) is 27.5. The maximum Gasteiger partial charge on any atom is 0.419 e. The lowest BCUT2D eigenvalue weighted by atomic mass is 9.72. The summed E-state index contributed by atoms with van der Waals surface area (Å²) < 4.78 is 46.9. The second kappa shape index (κ2) is 11.0. The van der Waals surface area contributed by atoms with Crippen LogP contribution < -0.4 is 4.74 Å². The average Bonchev–Trinajstić information content (AvgIpc) is 3.51. The molecule has 2 aliphatic rings. The summed E-state index contributed by atoms with van der Waals surface area (Å²) in [5.41, 5.74) is 2.88. The summed E-state index contributed by atoms with van der Waals surface area (Å²) in [5.74, 6) is -2.36. The molecular formula is C33H40F2N2O5. The SMILES string of the molecule is COC(=O)c1ccc([C@@H]2C[C@@]3(CCN2Cc2c(OC)cc(C)c4c2ccn4C(=O)OC(C)(C)C)CCC(F)(F)C3)cc1. The fourth-order valence-corrected chi connectivity index (χ4v) is 6.79. The second-order valence-electron chi connectivity index (χ2n) is 12.9. The number of rotatable bonds is 5. The largest absolute Gasteiger partial charge is 0.496 e. The molecule has 1 aromatic heterocycles. The van der Waals surface area contributed by atoms with Gasteiger partial charge in [0.25, 0.3) is 0 Å². The van der Waals surface area contributed by atoms with Crippen molar-refractivity contribution in [3.05, 3.63) is 64.8 Å². The molecule has 9 heteroatoms. The topological polar surface area (TPSA) is 70.0 Å². The van der Waals surface area contributed by atoms with Gasteiger partial charge in [-0.05, 0) is 94.3 Å². The lowest BCUT2D eigenvalue weighted by Gasteiger charge is -2.45. The van der Waals surface area contributed by atoms with E-state index in [0.717, 1.165) is 27.6 Å². The monoisotopic (exact) mass is 582 g/mol. The molecule has 0 radical (unpaired) electrons. The number of ether oxygens (including phenoxy) is 3. The lowest BCUT2D eigenvalue weighted by Crippen LogP contribution is -2.41. The van der Waals surface area contributed by atoms with Crippen LogP contribution in [0, 0.1) is 12.3 Å². The molecule has 1 spiro atoms. The number of likely N-dealkylation sites (tertiary alicyclic amines) is 1. The van der Waals surface area contributed by atoms with Crippen LogP contribution in [0.25, 0.3) is 10.9 Å². The zero-order valence-corrected chi connectivity index (χ0v) is 25.3. The molecule has 1 saturated heterocycles. The number of alkyl halides is 2. The van der Waals surface area contributed by atoms with Gasteiger partial charge in [-0.25, -0.2) is 18.4 Å². The Morgan fingerprint density at radius 2 is 1.76 bits per heavy atom. The molecular weight excluding hydrogens is 542 g/mol. The number of carbonyl (C=O) groups excluding carboxylic acids is 2. The Balaban J connectivity index is 1.54. The molecule has 0 unspecified atom stereocenters. The van der Waals surface area contributed by atoms with Crippen LogP contribution in [0.4, 0.5) is 13.6 Å². The number of fused-ring (bicyclic) bond motifs is 1. The van der Waals surface area contributed by atoms with Gasteiger partial charge in [0.15, 0.2) is 0 Å². The van der Waals surface area contributed by atoms with E-state index < -0.39 is 29.0 Å². The van der Waals surface area contributed by atoms with E-state index in [1.165, 1.54) is 11.7 Å². The highest BCUT2D eigenvalue weighted by Crippen LogP contribution is 2.56. The third-order valence-electron chi connectivity index (χ3n) is 8.77. The maximum absolute atomic E-state index is 14.5. The molecule has 2 fully saturated rings. The van der Waals surface area contributed by atoms with E-state index in [1.54, 1.807) is 25.4 Å². The molecule has 0 amide bonds. The number of methoxy groups -OCH3 is 2. The minimum atomic E-state index is -2.64. The summed E-state index contributed by atoms with van der Waals surface area (Å²) >= 11 is 0. The molecule has 2 aromatic carbocycles. The van der Waals surface area contributed by atoms with Crippen LogP contribution in [0.2, 0.25) is 0 Å². The molecule has 1 aliphatic heterocycles. The molecule has 0 N–H and O–H groups in total. The van der Waals surface area contributed by atoms with E-state index in [1.807, 2.05) is 52.0 Å². The first kappa shape index (κ1) is 30.0. The Morgan fingerprint density at radius 1 is 1.05 bits per heavy atom. The van der Waals surface area contributed by atoms with Crippen molar-refractivity contribution in [1.82, 2.24) is 9.47 Å². The van der Waals surface area contributed by atoms with Gasteiger partial charge in [0.2, 0.25) is 5.92 Å². The molecule has 0 bridgehead atoms. The minimum absolute atomic E-state index is 0.0778. The predicted molar refractivity (Wildman–Crippen MR) is 156 cm³/mol. The zero-order valence-electron chi connectivity index (χ0n) is 25.3. The lowest BCUT2D eigenvalue weighted by molar-refractivity contribution is -0.0235. The average molecular weight is 583 g/mol. The molecule has 226 valence electrons. The van der Waals surface area contributed by atoms with Crippen LogP contribution in [0.3, 0.4) is 0 Å². The second-order valence-corrected chi connectivity index (χ2v) is 12.9. The van der Waals surface area contributed by atoms with Crippen LogP contribution >= 0.6 is 0 Å². The highest BCUT2D eigenvalue weighted by molar-refractivity contribution is 5.95. The van der Waals surface area contributed by atoms with Gasteiger partial charge in [0, 0.05) is 42.6 Å². The van der Waals surface area contributed by atoms with Gasteiger partial charge in [0.1, 0.15) is 11.4 Å². The molecule has 1 saturated carbocycles. The number of hydrogen-bond donors (Lipinski definition) is 0. The summed E-state index contributed by atoms with van der Waals surface area (Å²) in [6, 6.07) is 11.0.